The van der Waals surface area contributed by atoms with E-state index >= 15 is 0 Å². The van der Waals surface area contributed by atoms with Gasteiger partial charge in [0.15, 0.2) is 0 Å². The Hall–Kier alpha value is -2.66. The van der Waals surface area contributed by atoms with Crippen LogP contribution < -0.4 is 10.3 Å². The van der Waals surface area contributed by atoms with Gasteiger partial charge in [0.05, 0.1) is 12.2 Å². The molecule has 1 N–H and O–H groups in total. The van der Waals surface area contributed by atoms with E-state index in [4.69, 9.17) is 0 Å². The van der Waals surface area contributed by atoms with E-state index in [0.717, 1.165) is 11.3 Å². The lowest BCUT2D eigenvalue weighted by Crippen LogP contribution is -2.60. The minimum absolute atomic E-state index is 0.148. The summed E-state index contributed by atoms with van der Waals surface area (Å²) in [6.07, 6.45) is 0. The number of imide groups is 1. The van der Waals surface area contributed by atoms with Crippen LogP contribution in [0.1, 0.15) is 5.56 Å². The Bertz CT molecular complexity index is 643. The van der Waals surface area contributed by atoms with E-state index < -0.39 is 6.03 Å². The maximum atomic E-state index is 12.2. The molecule has 106 valence electrons. The standard InChI is InChI=1S/C16H15N3O2/c20-15-12-18(11-13-7-3-1-4-8-13)19(16(21)17-15)14-9-5-2-6-10-14/h1-10H,11-12H2,(H,17,20,21). The summed E-state index contributed by atoms with van der Waals surface area (Å²) in [6.45, 7) is 0.643. The highest BCUT2D eigenvalue weighted by Crippen LogP contribution is 2.20. The minimum atomic E-state index is -0.423. The van der Waals surface area contributed by atoms with E-state index in [1.54, 1.807) is 5.01 Å². The third-order valence-electron chi connectivity index (χ3n) is 3.26. The molecule has 21 heavy (non-hydrogen) atoms. The van der Waals surface area contributed by atoms with Crippen LogP contribution in [0, 0.1) is 0 Å². The fourth-order valence-corrected chi connectivity index (χ4v) is 2.35. The second-order valence-corrected chi connectivity index (χ2v) is 4.81. The third kappa shape index (κ3) is 2.93. The molecular weight excluding hydrogens is 266 g/mol. The van der Waals surface area contributed by atoms with Crippen LogP contribution in [-0.4, -0.2) is 23.5 Å². The lowest BCUT2D eigenvalue weighted by molar-refractivity contribution is -0.122. The first kappa shape index (κ1) is 13.3. The number of rotatable bonds is 3. The molecule has 3 rings (SSSR count). The predicted octanol–water partition coefficient (Wildman–Crippen LogP) is 2.16. The summed E-state index contributed by atoms with van der Waals surface area (Å²) >= 11 is 0. The van der Waals surface area contributed by atoms with Gasteiger partial charge < -0.3 is 0 Å². The first-order valence-corrected chi connectivity index (χ1v) is 6.72. The van der Waals surface area contributed by atoms with Crippen LogP contribution in [0.5, 0.6) is 0 Å². The van der Waals surface area contributed by atoms with E-state index in [9.17, 15) is 9.59 Å². The first-order chi connectivity index (χ1) is 10.2. The molecule has 0 aliphatic carbocycles. The second kappa shape index (κ2) is 5.76. The molecule has 5 heteroatoms. The molecule has 1 heterocycles. The monoisotopic (exact) mass is 281 g/mol. The summed E-state index contributed by atoms with van der Waals surface area (Å²) < 4.78 is 0. The van der Waals surface area contributed by atoms with Crippen molar-refractivity contribution in [3.63, 3.8) is 0 Å². The number of nitrogens with zero attached hydrogens (tertiary/aromatic N) is 2. The van der Waals surface area contributed by atoms with Crippen molar-refractivity contribution >= 4 is 17.6 Å². The fourth-order valence-electron chi connectivity index (χ4n) is 2.35. The molecule has 1 aliphatic rings. The van der Waals surface area contributed by atoms with Gasteiger partial charge in [-0.1, -0.05) is 48.5 Å². The van der Waals surface area contributed by atoms with E-state index in [2.05, 4.69) is 5.32 Å². The molecule has 0 aromatic heterocycles. The Morgan fingerprint density at radius 3 is 2.19 bits per heavy atom. The Morgan fingerprint density at radius 1 is 0.905 bits per heavy atom. The molecule has 1 fully saturated rings. The average Bonchev–Trinajstić information content (AvgIpc) is 2.48. The lowest BCUT2D eigenvalue weighted by atomic mass is 10.2. The topological polar surface area (TPSA) is 52.7 Å². The van der Waals surface area contributed by atoms with Gasteiger partial charge in [-0.25, -0.2) is 9.80 Å². The van der Waals surface area contributed by atoms with Gasteiger partial charge in [-0.15, -0.1) is 0 Å². The van der Waals surface area contributed by atoms with Crippen LogP contribution in [0.2, 0.25) is 0 Å². The van der Waals surface area contributed by atoms with Gasteiger partial charge in [0, 0.05) is 6.54 Å². The van der Waals surface area contributed by atoms with Crippen molar-refractivity contribution in [2.45, 2.75) is 6.54 Å². The number of hydrogen-bond acceptors (Lipinski definition) is 3. The summed E-state index contributed by atoms with van der Waals surface area (Å²) in [6, 6.07) is 18.6. The van der Waals surface area contributed by atoms with Gasteiger partial charge in [0.1, 0.15) is 0 Å². The van der Waals surface area contributed by atoms with Crippen molar-refractivity contribution in [3.8, 4) is 0 Å². The van der Waals surface area contributed by atoms with Crippen molar-refractivity contribution < 1.29 is 9.59 Å². The Labute approximate surface area is 122 Å². The maximum Gasteiger partial charge on any atom is 0.343 e. The average molecular weight is 281 g/mol. The highest BCUT2D eigenvalue weighted by molar-refractivity contribution is 6.05. The molecule has 2 aromatic rings. The van der Waals surface area contributed by atoms with Crippen molar-refractivity contribution in [2.75, 3.05) is 11.6 Å². The van der Waals surface area contributed by atoms with E-state index in [1.165, 1.54) is 5.01 Å². The molecule has 0 atom stereocenters. The Balaban J connectivity index is 1.90. The van der Waals surface area contributed by atoms with Gasteiger partial charge in [-0.05, 0) is 17.7 Å². The summed E-state index contributed by atoms with van der Waals surface area (Å²) in [5.74, 6) is -0.289. The zero-order valence-electron chi connectivity index (χ0n) is 11.4. The predicted molar refractivity (Wildman–Crippen MR) is 79.3 cm³/mol. The first-order valence-electron chi connectivity index (χ1n) is 6.72. The minimum Gasteiger partial charge on any atom is -0.275 e. The normalized spacial score (nSPS) is 15.9. The van der Waals surface area contributed by atoms with Crippen LogP contribution in [0.3, 0.4) is 0 Å². The number of anilines is 1. The van der Waals surface area contributed by atoms with Crippen LogP contribution in [-0.2, 0) is 11.3 Å². The van der Waals surface area contributed by atoms with Gasteiger partial charge in [0.25, 0.3) is 0 Å². The van der Waals surface area contributed by atoms with Gasteiger partial charge in [-0.3, -0.25) is 10.1 Å². The molecule has 5 nitrogen and oxygen atoms in total. The number of carbonyl (C=O) groups is 2. The maximum absolute atomic E-state index is 12.2. The molecular formula is C16H15N3O2. The van der Waals surface area contributed by atoms with Crippen molar-refractivity contribution in [1.82, 2.24) is 10.3 Å². The zero-order chi connectivity index (χ0) is 14.7. The molecule has 1 aliphatic heterocycles. The van der Waals surface area contributed by atoms with E-state index in [1.807, 2.05) is 60.7 Å². The molecule has 3 amide bonds. The van der Waals surface area contributed by atoms with Crippen LogP contribution >= 0.6 is 0 Å². The molecule has 2 aromatic carbocycles. The van der Waals surface area contributed by atoms with Crippen molar-refractivity contribution in [3.05, 3.63) is 66.2 Å². The van der Waals surface area contributed by atoms with Gasteiger partial charge in [-0.2, -0.15) is 5.01 Å². The number of benzene rings is 2. The quantitative estimate of drug-likeness (QED) is 0.938. The third-order valence-corrected chi connectivity index (χ3v) is 3.26. The molecule has 0 radical (unpaired) electrons. The highest BCUT2D eigenvalue weighted by atomic mass is 16.2. The molecule has 0 saturated carbocycles. The van der Waals surface area contributed by atoms with Crippen LogP contribution in [0.25, 0.3) is 0 Å². The lowest BCUT2D eigenvalue weighted by Gasteiger charge is -2.37. The molecule has 0 spiro atoms. The number of amides is 3. The number of urea groups is 1. The number of para-hydroxylation sites is 1. The summed E-state index contributed by atoms with van der Waals surface area (Å²) in [5.41, 5.74) is 1.78. The zero-order valence-corrected chi connectivity index (χ0v) is 11.4. The van der Waals surface area contributed by atoms with Crippen LogP contribution in [0.4, 0.5) is 10.5 Å². The fraction of sp³-hybridized carbons (Fsp3) is 0.125. The molecule has 0 unspecified atom stereocenters. The highest BCUT2D eigenvalue weighted by Gasteiger charge is 2.31. The van der Waals surface area contributed by atoms with E-state index in [0.29, 0.717) is 6.54 Å². The summed E-state index contributed by atoms with van der Waals surface area (Å²) in [4.78, 5) is 23.8. The van der Waals surface area contributed by atoms with Crippen molar-refractivity contribution in [2.24, 2.45) is 0 Å². The van der Waals surface area contributed by atoms with Gasteiger partial charge in [0.2, 0.25) is 5.91 Å². The molecule has 1 saturated heterocycles. The number of hydrazine groups is 1. The Kier molecular flexibility index (Phi) is 3.66. The Morgan fingerprint density at radius 2 is 1.52 bits per heavy atom. The molecule has 0 bridgehead atoms. The largest absolute Gasteiger partial charge is 0.343 e. The number of carbonyl (C=O) groups excluding carboxylic acids is 2. The van der Waals surface area contributed by atoms with Crippen molar-refractivity contribution in [1.29, 1.82) is 0 Å². The van der Waals surface area contributed by atoms with Crippen LogP contribution in [0.15, 0.2) is 60.7 Å². The van der Waals surface area contributed by atoms with Gasteiger partial charge >= 0.3 is 6.03 Å². The summed E-state index contributed by atoms with van der Waals surface area (Å²) in [7, 11) is 0. The number of nitrogens with one attached hydrogen (secondary N) is 1. The number of hydrogen-bond donors (Lipinski definition) is 1. The summed E-state index contributed by atoms with van der Waals surface area (Å²) in [5, 5.41) is 5.60. The SMILES string of the molecule is O=C1CN(Cc2ccccc2)N(c2ccccc2)C(=O)N1. The van der Waals surface area contributed by atoms with E-state index in [-0.39, 0.29) is 12.5 Å². The smallest absolute Gasteiger partial charge is 0.275 e. The second-order valence-electron chi connectivity index (χ2n) is 4.81.